The number of phenols is 1. The predicted octanol–water partition coefficient (Wildman–Crippen LogP) is 6.23. The van der Waals surface area contributed by atoms with Crippen molar-refractivity contribution in [2.24, 2.45) is 0 Å². The van der Waals surface area contributed by atoms with Gasteiger partial charge in [-0.3, -0.25) is 14.1 Å². The van der Waals surface area contributed by atoms with E-state index in [1.807, 2.05) is 6.92 Å². The van der Waals surface area contributed by atoms with Gasteiger partial charge < -0.3 is 14.7 Å². The van der Waals surface area contributed by atoms with Crippen molar-refractivity contribution in [2.45, 2.75) is 74.7 Å². The fourth-order valence-corrected chi connectivity index (χ4v) is 10.5. The molecule has 0 aliphatic carbocycles. The number of rotatable bonds is 6. The molecule has 4 aromatic rings. The van der Waals surface area contributed by atoms with Gasteiger partial charge in [0.15, 0.2) is 5.82 Å². The minimum atomic E-state index is -0.921. The first kappa shape index (κ1) is 30.8. The highest BCUT2D eigenvalue weighted by atomic mass is 32.2. The summed E-state index contributed by atoms with van der Waals surface area (Å²) in [6.45, 7) is 4.40. The molecule has 4 saturated heterocycles. The van der Waals surface area contributed by atoms with E-state index in [0.29, 0.717) is 60.0 Å². The Kier molecular flexibility index (Phi) is 7.59. The minimum absolute atomic E-state index is 0.00115. The average molecular weight is 666 g/mol. The second-order valence-electron chi connectivity index (χ2n) is 13.7. The van der Waals surface area contributed by atoms with E-state index in [9.17, 15) is 18.1 Å². The molecule has 4 aliphatic heterocycles. The first-order valence-electron chi connectivity index (χ1n) is 16.7. The van der Waals surface area contributed by atoms with E-state index >= 15 is 4.39 Å². The predicted molar refractivity (Wildman–Crippen MR) is 176 cm³/mol. The minimum Gasteiger partial charge on any atom is -0.508 e. The molecule has 2 aromatic heterocycles. The highest BCUT2D eigenvalue weighted by Gasteiger charge is 2.49. The fourth-order valence-electron chi connectivity index (χ4n) is 8.65. The lowest BCUT2D eigenvalue weighted by Crippen LogP contribution is -2.45. The number of nitrogens with zero attached hydrogens (tertiary/aromatic N) is 5. The van der Waals surface area contributed by atoms with Crippen LogP contribution < -0.4 is 9.64 Å². The van der Waals surface area contributed by atoms with E-state index in [0.717, 1.165) is 50.8 Å². The maximum atomic E-state index is 16.9. The van der Waals surface area contributed by atoms with Crippen LogP contribution in [0.1, 0.15) is 57.4 Å². The first-order chi connectivity index (χ1) is 22.7. The van der Waals surface area contributed by atoms with E-state index in [1.165, 1.54) is 24.4 Å². The molecule has 1 unspecified atom stereocenters. The lowest BCUT2D eigenvalue weighted by Gasteiger charge is -2.39. The van der Waals surface area contributed by atoms with Crippen molar-refractivity contribution < 1.29 is 27.2 Å². The average Bonchev–Trinajstić information content (AvgIpc) is 3.71. The summed E-state index contributed by atoms with van der Waals surface area (Å²) in [5.74, 6) is -0.0204. The number of anilines is 1. The quantitative estimate of drug-likeness (QED) is 0.260. The molecule has 8 nitrogen and oxygen atoms in total. The molecule has 12 heteroatoms. The zero-order valence-electron chi connectivity index (χ0n) is 26.4. The van der Waals surface area contributed by atoms with Crippen molar-refractivity contribution in [3.05, 3.63) is 47.7 Å². The molecule has 1 N–H and O–H groups in total. The van der Waals surface area contributed by atoms with Crippen LogP contribution >= 0.6 is 0 Å². The number of aryl methyl sites for hydroxylation is 1. The van der Waals surface area contributed by atoms with Gasteiger partial charge in [0.1, 0.15) is 41.4 Å². The van der Waals surface area contributed by atoms with Gasteiger partial charge in [-0.05, 0) is 86.0 Å². The summed E-state index contributed by atoms with van der Waals surface area (Å²) in [5.41, 5.74) is 0.166. The number of halogens is 3. The van der Waals surface area contributed by atoms with Crippen LogP contribution in [0.15, 0.2) is 30.5 Å². The van der Waals surface area contributed by atoms with Gasteiger partial charge in [0.2, 0.25) is 0 Å². The molecule has 3 atom stereocenters. The number of benzene rings is 2. The number of phenolic OH excluding ortho intramolecular Hbond substituents is 1. The molecule has 47 heavy (non-hydrogen) atoms. The second-order valence-corrected chi connectivity index (χ2v) is 15.6. The Hall–Kier alpha value is -3.51. The van der Waals surface area contributed by atoms with Gasteiger partial charge >= 0.3 is 6.01 Å². The Bertz CT molecular complexity index is 1920. The SMILES string of the molecule is CCc1c(F)ccc2cc(O)cc(-c3ncc4c(N5CCC6(CCCS6=O)CC5)nc(OC[C@@]56CCCN5C[C@H](F)C6)nc4c3F)c12. The van der Waals surface area contributed by atoms with E-state index in [4.69, 9.17) is 9.72 Å². The molecule has 2 aromatic carbocycles. The number of alkyl halides is 1. The highest BCUT2D eigenvalue weighted by Crippen LogP contribution is 2.43. The summed E-state index contributed by atoms with van der Waals surface area (Å²) >= 11 is 0. The van der Waals surface area contributed by atoms with Crippen LogP contribution in [0.3, 0.4) is 0 Å². The van der Waals surface area contributed by atoms with E-state index in [2.05, 4.69) is 19.8 Å². The molecular weight excluding hydrogens is 627 g/mol. The van der Waals surface area contributed by atoms with E-state index in [-0.39, 0.29) is 39.9 Å². The highest BCUT2D eigenvalue weighted by molar-refractivity contribution is 7.86. The van der Waals surface area contributed by atoms with Crippen molar-refractivity contribution in [3.8, 4) is 23.0 Å². The zero-order chi connectivity index (χ0) is 32.5. The number of hydrogen-bond acceptors (Lipinski definition) is 8. The number of fused-ring (bicyclic) bond motifs is 3. The zero-order valence-corrected chi connectivity index (χ0v) is 27.2. The molecule has 0 bridgehead atoms. The Morgan fingerprint density at radius 2 is 1.91 bits per heavy atom. The van der Waals surface area contributed by atoms with Crippen LogP contribution in [0, 0.1) is 11.6 Å². The van der Waals surface area contributed by atoms with Gasteiger partial charge in [-0.2, -0.15) is 9.97 Å². The summed E-state index contributed by atoms with van der Waals surface area (Å²) in [4.78, 5) is 18.1. The molecule has 8 rings (SSSR count). The summed E-state index contributed by atoms with van der Waals surface area (Å²) in [7, 11) is -0.867. The van der Waals surface area contributed by atoms with Crippen LogP contribution in [0.4, 0.5) is 19.0 Å². The number of ether oxygens (including phenoxy) is 1. The Morgan fingerprint density at radius 1 is 1.09 bits per heavy atom. The maximum Gasteiger partial charge on any atom is 0.319 e. The molecular formula is C35H38F3N5O3S. The van der Waals surface area contributed by atoms with Crippen molar-refractivity contribution in [1.82, 2.24) is 19.9 Å². The van der Waals surface area contributed by atoms with Gasteiger partial charge in [-0.25, -0.2) is 13.2 Å². The van der Waals surface area contributed by atoms with Crippen LogP contribution in [-0.4, -0.2) is 84.2 Å². The van der Waals surface area contributed by atoms with Gasteiger partial charge in [0.05, 0.1) is 10.9 Å². The summed E-state index contributed by atoms with van der Waals surface area (Å²) in [6, 6.07) is 5.85. The molecule has 0 amide bonds. The lowest BCUT2D eigenvalue weighted by atomic mass is 9.91. The molecule has 0 saturated carbocycles. The number of pyridine rings is 1. The van der Waals surface area contributed by atoms with Crippen molar-refractivity contribution in [3.63, 3.8) is 0 Å². The topological polar surface area (TPSA) is 91.7 Å². The summed E-state index contributed by atoms with van der Waals surface area (Å²) < 4.78 is 65.3. The number of hydrogen-bond donors (Lipinski definition) is 1. The van der Waals surface area contributed by atoms with Crippen LogP contribution in [0.2, 0.25) is 0 Å². The standard InChI is InChI=1S/C35H38F3N5O3S/c1-2-24-27(37)6-5-21-15-23(44)16-25(28(21)24)30-29(38)31-26(18-39-30)32(42-12-9-35(10-13-42)8-4-14-47(35)45)41-33(40-31)46-20-34-7-3-11-43(34)19-22(36)17-34/h5-6,15-16,18,22,44H,2-4,7-14,17,19-20H2,1H3/t22-,34+,47?/m1/s1. The monoisotopic (exact) mass is 665 g/mol. The third kappa shape index (κ3) is 5.05. The molecule has 1 spiro atoms. The second kappa shape index (κ2) is 11.6. The van der Waals surface area contributed by atoms with Gasteiger partial charge in [0.25, 0.3) is 0 Å². The van der Waals surface area contributed by atoms with Gasteiger partial charge in [-0.15, -0.1) is 0 Å². The van der Waals surface area contributed by atoms with E-state index in [1.54, 1.807) is 6.07 Å². The normalized spacial score (nSPS) is 25.7. The molecule has 6 heterocycles. The Labute approximate surface area is 273 Å². The molecule has 0 radical (unpaired) electrons. The van der Waals surface area contributed by atoms with E-state index < -0.39 is 34.1 Å². The molecule has 248 valence electrons. The number of aromatic nitrogens is 3. The molecule has 4 aliphatic rings. The third-order valence-electron chi connectivity index (χ3n) is 11.1. The third-order valence-corrected chi connectivity index (χ3v) is 13.3. The Balaban J connectivity index is 1.24. The van der Waals surface area contributed by atoms with Gasteiger partial charge in [0, 0.05) is 59.1 Å². The largest absolute Gasteiger partial charge is 0.508 e. The van der Waals surface area contributed by atoms with Crippen molar-refractivity contribution in [1.29, 1.82) is 0 Å². The number of aromatic hydroxyl groups is 1. The van der Waals surface area contributed by atoms with Crippen LogP contribution in [0.5, 0.6) is 11.8 Å². The summed E-state index contributed by atoms with van der Waals surface area (Å²) in [6.07, 6.45) is 6.51. The van der Waals surface area contributed by atoms with Crippen molar-refractivity contribution in [2.75, 3.05) is 43.4 Å². The van der Waals surface area contributed by atoms with Gasteiger partial charge in [-0.1, -0.05) is 13.0 Å². The molecule has 4 fully saturated rings. The summed E-state index contributed by atoms with van der Waals surface area (Å²) in [5, 5.41) is 12.0. The smallest absolute Gasteiger partial charge is 0.319 e. The number of piperidine rings is 1. The first-order valence-corrected chi connectivity index (χ1v) is 18.0. The maximum absolute atomic E-state index is 16.9. The lowest BCUT2D eigenvalue weighted by molar-refractivity contribution is 0.107. The van der Waals surface area contributed by atoms with Crippen LogP contribution in [-0.2, 0) is 17.2 Å². The fraction of sp³-hybridized carbons (Fsp3) is 0.514. The van der Waals surface area contributed by atoms with Crippen LogP contribution in [0.25, 0.3) is 32.9 Å². The Morgan fingerprint density at radius 3 is 2.68 bits per heavy atom. The van der Waals surface area contributed by atoms with Crippen molar-refractivity contribution >= 4 is 38.3 Å².